The fourth-order valence-corrected chi connectivity index (χ4v) is 1.75. The number of hydrogen-bond acceptors (Lipinski definition) is 2. The van der Waals surface area contributed by atoms with E-state index in [2.05, 4.69) is 28.1 Å². The maximum atomic E-state index is 7.03. The molecule has 0 spiro atoms. The average molecular weight is 259 g/mol. The predicted octanol–water partition coefficient (Wildman–Crippen LogP) is 2.62. The van der Waals surface area contributed by atoms with E-state index in [4.69, 9.17) is 11.1 Å². The van der Waals surface area contributed by atoms with Crippen LogP contribution in [0.2, 0.25) is 0 Å². The minimum atomic E-state index is 0.192. The monoisotopic (exact) mass is 258 g/mol. The van der Waals surface area contributed by atoms with Crippen molar-refractivity contribution in [1.29, 1.82) is 5.41 Å². The Bertz CT molecular complexity index is 284. The van der Waals surface area contributed by atoms with Crippen molar-refractivity contribution in [2.45, 2.75) is 6.42 Å². The summed E-state index contributed by atoms with van der Waals surface area (Å²) in [5.41, 5.74) is 6.49. The van der Waals surface area contributed by atoms with Gasteiger partial charge in [0, 0.05) is 10.2 Å². The van der Waals surface area contributed by atoms with Crippen molar-refractivity contribution in [2.24, 2.45) is 5.73 Å². The fourth-order valence-electron chi connectivity index (χ4n) is 0.930. The Hall–Kier alpha value is -0.480. The highest BCUT2D eigenvalue weighted by Crippen LogP contribution is 2.12. The Morgan fingerprint density at radius 2 is 2.00 bits per heavy atom. The second-order valence-corrected chi connectivity index (χ2v) is 4.64. The molecule has 0 aromatic heterocycles. The molecular weight excluding hydrogens is 248 g/mol. The number of hydrogen-bond donors (Lipinski definition) is 2. The molecule has 0 aliphatic carbocycles. The van der Waals surface area contributed by atoms with Gasteiger partial charge in [0.15, 0.2) is 5.17 Å². The van der Waals surface area contributed by atoms with Crippen molar-refractivity contribution in [2.75, 3.05) is 5.75 Å². The van der Waals surface area contributed by atoms with Crippen LogP contribution < -0.4 is 5.73 Å². The third kappa shape index (κ3) is 4.33. The van der Waals surface area contributed by atoms with Gasteiger partial charge in [-0.1, -0.05) is 39.8 Å². The predicted molar refractivity (Wildman–Crippen MR) is 62.2 cm³/mol. The quantitative estimate of drug-likeness (QED) is 0.647. The molecule has 0 saturated carbocycles. The van der Waals surface area contributed by atoms with Gasteiger partial charge in [-0.3, -0.25) is 5.41 Å². The lowest BCUT2D eigenvalue weighted by atomic mass is 10.2. The van der Waals surface area contributed by atoms with E-state index in [9.17, 15) is 0 Å². The molecule has 0 aliphatic heterocycles. The number of aryl methyl sites for hydroxylation is 1. The number of rotatable bonds is 3. The van der Waals surface area contributed by atoms with Gasteiger partial charge in [0.25, 0.3) is 0 Å². The number of amidine groups is 1. The molecule has 13 heavy (non-hydrogen) atoms. The molecule has 0 heterocycles. The summed E-state index contributed by atoms with van der Waals surface area (Å²) >= 11 is 4.76. The molecule has 0 bridgehead atoms. The summed E-state index contributed by atoms with van der Waals surface area (Å²) in [4.78, 5) is 0. The van der Waals surface area contributed by atoms with Crippen molar-refractivity contribution in [3.8, 4) is 0 Å². The summed E-state index contributed by atoms with van der Waals surface area (Å²) in [6.07, 6.45) is 0.956. The van der Waals surface area contributed by atoms with Gasteiger partial charge in [0.05, 0.1) is 0 Å². The molecular formula is C9H11BrN2S. The molecule has 3 N–H and O–H groups in total. The van der Waals surface area contributed by atoms with Crippen LogP contribution in [0.25, 0.3) is 0 Å². The van der Waals surface area contributed by atoms with Gasteiger partial charge in [0.2, 0.25) is 0 Å². The molecule has 0 radical (unpaired) electrons. The first kappa shape index (κ1) is 10.6. The van der Waals surface area contributed by atoms with Crippen LogP contribution in [-0.4, -0.2) is 10.9 Å². The molecule has 1 aromatic carbocycles. The standard InChI is InChI=1S/C9H11BrN2S/c10-8-3-1-7(2-4-8)5-6-13-9(11)12/h1-4H,5-6H2,(H3,11,12). The lowest BCUT2D eigenvalue weighted by molar-refractivity contribution is 1.16. The Labute approximate surface area is 90.5 Å². The van der Waals surface area contributed by atoms with E-state index in [1.54, 1.807) is 0 Å². The van der Waals surface area contributed by atoms with E-state index in [0.29, 0.717) is 0 Å². The Kier molecular flexibility index (Phi) is 4.32. The van der Waals surface area contributed by atoms with Crippen molar-refractivity contribution < 1.29 is 0 Å². The minimum Gasteiger partial charge on any atom is -0.379 e. The van der Waals surface area contributed by atoms with E-state index in [1.807, 2.05) is 12.1 Å². The zero-order valence-electron chi connectivity index (χ0n) is 7.09. The fraction of sp³-hybridized carbons (Fsp3) is 0.222. The molecule has 4 heteroatoms. The van der Waals surface area contributed by atoms with Gasteiger partial charge in [-0.05, 0) is 24.1 Å². The third-order valence-corrected chi connectivity index (χ3v) is 2.81. The van der Waals surface area contributed by atoms with E-state index >= 15 is 0 Å². The second-order valence-electron chi connectivity index (χ2n) is 2.59. The van der Waals surface area contributed by atoms with Crippen molar-refractivity contribution in [1.82, 2.24) is 0 Å². The Balaban J connectivity index is 2.37. The van der Waals surface area contributed by atoms with E-state index in [-0.39, 0.29) is 5.17 Å². The van der Waals surface area contributed by atoms with Gasteiger partial charge in [-0.15, -0.1) is 0 Å². The lowest BCUT2D eigenvalue weighted by Gasteiger charge is -2.00. The number of thioether (sulfide) groups is 1. The van der Waals surface area contributed by atoms with Crippen LogP contribution in [0.15, 0.2) is 28.7 Å². The molecule has 1 aromatic rings. The summed E-state index contributed by atoms with van der Waals surface area (Å²) < 4.78 is 1.09. The highest BCUT2D eigenvalue weighted by Gasteiger charge is 1.94. The minimum absolute atomic E-state index is 0.192. The van der Waals surface area contributed by atoms with Crippen molar-refractivity contribution in [3.63, 3.8) is 0 Å². The first-order chi connectivity index (χ1) is 6.18. The Morgan fingerprint density at radius 1 is 1.38 bits per heavy atom. The van der Waals surface area contributed by atoms with E-state index in [0.717, 1.165) is 16.6 Å². The first-order valence-corrected chi connectivity index (χ1v) is 5.67. The maximum Gasteiger partial charge on any atom is 0.151 e. The molecule has 0 atom stereocenters. The number of nitrogens with one attached hydrogen (secondary N) is 1. The zero-order chi connectivity index (χ0) is 9.68. The number of halogens is 1. The van der Waals surface area contributed by atoms with Crippen LogP contribution >= 0.6 is 27.7 Å². The molecule has 0 unspecified atom stereocenters. The molecule has 70 valence electrons. The topological polar surface area (TPSA) is 49.9 Å². The molecule has 0 saturated heterocycles. The normalized spacial score (nSPS) is 9.92. The second kappa shape index (κ2) is 5.29. The van der Waals surface area contributed by atoms with Crippen molar-refractivity contribution >= 4 is 32.9 Å². The van der Waals surface area contributed by atoms with E-state index < -0.39 is 0 Å². The average Bonchev–Trinajstić information content (AvgIpc) is 2.08. The SMILES string of the molecule is N=C(N)SCCc1ccc(Br)cc1. The van der Waals surface area contributed by atoms with Crippen LogP contribution in [0.4, 0.5) is 0 Å². The molecule has 0 amide bonds. The number of nitrogens with two attached hydrogens (primary N) is 1. The first-order valence-electron chi connectivity index (χ1n) is 3.90. The largest absolute Gasteiger partial charge is 0.379 e. The van der Waals surface area contributed by atoms with Gasteiger partial charge in [0.1, 0.15) is 0 Å². The smallest absolute Gasteiger partial charge is 0.151 e. The summed E-state index contributed by atoms with van der Waals surface area (Å²) in [6.45, 7) is 0. The van der Waals surface area contributed by atoms with Crippen LogP contribution in [0.3, 0.4) is 0 Å². The van der Waals surface area contributed by atoms with Gasteiger partial charge in [-0.25, -0.2) is 0 Å². The van der Waals surface area contributed by atoms with Crippen LogP contribution in [0.5, 0.6) is 0 Å². The Morgan fingerprint density at radius 3 is 2.54 bits per heavy atom. The molecule has 0 aliphatic rings. The summed E-state index contributed by atoms with van der Waals surface area (Å²) in [5.74, 6) is 0.872. The van der Waals surface area contributed by atoms with Crippen LogP contribution in [-0.2, 0) is 6.42 Å². The molecule has 1 rings (SSSR count). The van der Waals surface area contributed by atoms with Gasteiger partial charge in [-0.2, -0.15) is 0 Å². The number of benzene rings is 1. The zero-order valence-corrected chi connectivity index (χ0v) is 9.49. The van der Waals surface area contributed by atoms with E-state index in [1.165, 1.54) is 17.3 Å². The van der Waals surface area contributed by atoms with Crippen LogP contribution in [0.1, 0.15) is 5.56 Å². The van der Waals surface area contributed by atoms with Gasteiger partial charge < -0.3 is 5.73 Å². The highest BCUT2D eigenvalue weighted by molar-refractivity contribution is 9.10. The third-order valence-electron chi connectivity index (χ3n) is 1.56. The lowest BCUT2D eigenvalue weighted by Crippen LogP contribution is -2.05. The molecule has 2 nitrogen and oxygen atoms in total. The summed E-state index contributed by atoms with van der Waals surface area (Å²) in [7, 11) is 0. The summed E-state index contributed by atoms with van der Waals surface area (Å²) in [5, 5.41) is 7.22. The highest BCUT2D eigenvalue weighted by atomic mass is 79.9. The maximum absolute atomic E-state index is 7.03. The van der Waals surface area contributed by atoms with Gasteiger partial charge >= 0.3 is 0 Å². The summed E-state index contributed by atoms with van der Waals surface area (Å²) in [6, 6.07) is 8.19. The molecule has 0 fully saturated rings. The van der Waals surface area contributed by atoms with Crippen LogP contribution in [0, 0.1) is 5.41 Å². The van der Waals surface area contributed by atoms with Crippen molar-refractivity contribution in [3.05, 3.63) is 34.3 Å².